The minimum absolute atomic E-state index is 0.0193. The number of halogens is 8. The van der Waals surface area contributed by atoms with E-state index >= 15 is 0 Å². The summed E-state index contributed by atoms with van der Waals surface area (Å²) in [6, 6.07) is 37.7. The lowest BCUT2D eigenvalue weighted by Crippen LogP contribution is -2.44. The Morgan fingerprint density at radius 1 is 0.701 bits per heavy atom. The Kier molecular flexibility index (Phi) is 20.0. The quantitative estimate of drug-likeness (QED) is 0.0299. The van der Waals surface area contributed by atoms with Crippen LogP contribution in [0.1, 0.15) is 49.2 Å². The topological polar surface area (TPSA) is 184 Å². The molecular formula is C62H53Cl2F6N9O7S. The number of amides is 4. The molecule has 0 radical (unpaired) electrons. The summed E-state index contributed by atoms with van der Waals surface area (Å²) in [5, 5.41) is 18.4. The Labute approximate surface area is 508 Å². The highest BCUT2D eigenvalue weighted by atomic mass is 35.5. The van der Waals surface area contributed by atoms with E-state index in [1.54, 1.807) is 84.9 Å². The maximum absolute atomic E-state index is 14.3. The van der Waals surface area contributed by atoms with Gasteiger partial charge in [0.15, 0.2) is 0 Å². The number of ether oxygens (including phenoxy) is 3. The highest BCUT2D eigenvalue weighted by molar-refractivity contribution is 7.10. The Bertz CT molecular complexity index is 3820. The molecule has 16 nitrogen and oxygen atoms in total. The SMILES string of the molecule is COc1ccc(-c2nc(-c3cc(C(F)(F)F)cc(C(F)(F)F)c3)n(Cc3ccc(C(=O)NCCNC(=O)Cn4cc(COc5ccc(N(C(=O)CCl)C(C(=O)NCCc6ccccc6)c6cccs6)cc5Cl)nn4)cc3)c2-c2ccc(OC)cc2)cc1. The standard InChI is InChI=1S/C62H53Cl2F6N9O7S/c1-84-48-19-14-40(15-20-48)55-56(41-16-21-49(85-2)22-17-41)78(58(74-55)43-29-44(61(65,66)67)31-45(30-43)62(68,69)70)34-39-10-12-42(13-11-39)59(82)73-27-26-71-53(80)36-77-35-46(75-76-77)37-86-51-23-18-47(32-50(51)64)79(54(81)33-63)57(52-9-6-28-87-52)60(83)72-25-24-38-7-4-3-5-8-38/h3-23,28-32,35,57H,24-27,33-34,36-37H2,1-2H3,(H,71,80)(H,72,83)(H,73,82). The molecule has 9 aromatic rings. The third-order valence-electron chi connectivity index (χ3n) is 13.5. The first kappa shape index (κ1) is 62.3. The molecule has 4 amide bonds. The predicted octanol–water partition coefficient (Wildman–Crippen LogP) is 12.1. The number of nitrogens with zero attached hydrogens (tertiary/aromatic N) is 6. The second-order valence-corrected chi connectivity index (χ2v) is 21.1. The molecule has 450 valence electrons. The highest BCUT2D eigenvalue weighted by Gasteiger charge is 2.38. The number of rotatable bonds is 24. The average molecular weight is 1250 g/mol. The van der Waals surface area contributed by atoms with E-state index in [0.29, 0.717) is 75.2 Å². The molecule has 25 heteroatoms. The second-order valence-electron chi connectivity index (χ2n) is 19.4. The van der Waals surface area contributed by atoms with Gasteiger partial charge in [-0.05, 0) is 126 Å². The lowest BCUT2D eigenvalue weighted by atomic mass is 10.0. The minimum Gasteiger partial charge on any atom is -0.497 e. The van der Waals surface area contributed by atoms with Crippen molar-refractivity contribution in [2.24, 2.45) is 0 Å². The average Bonchev–Trinajstić information content (AvgIpc) is 3.93. The zero-order valence-electron chi connectivity index (χ0n) is 46.3. The highest BCUT2D eigenvalue weighted by Crippen LogP contribution is 2.43. The third kappa shape index (κ3) is 15.6. The van der Waals surface area contributed by atoms with Crippen molar-refractivity contribution in [3.8, 4) is 51.2 Å². The summed E-state index contributed by atoms with van der Waals surface area (Å²) in [6.45, 7) is -0.0764. The monoisotopic (exact) mass is 1250 g/mol. The van der Waals surface area contributed by atoms with Gasteiger partial charge in [-0.2, -0.15) is 26.3 Å². The number of thiophene rings is 1. The molecular weight excluding hydrogens is 1200 g/mol. The van der Waals surface area contributed by atoms with Gasteiger partial charge >= 0.3 is 12.4 Å². The number of hydrogen-bond acceptors (Lipinski definition) is 11. The largest absolute Gasteiger partial charge is 0.497 e. The molecule has 9 rings (SSSR count). The van der Waals surface area contributed by atoms with Crippen LogP contribution in [0.25, 0.3) is 33.9 Å². The van der Waals surface area contributed by atoms with Crippen LogP contribution in [-0.2, 0) is 52.9 Å². The van der Waals surface area contributed by atoms with Crippen LogP contribution in [0.2, 0.25) is 5.02 Å². The van der Waals surface area contributed by atoms with Gasteiger partial charge in [0, 0.05) is 59.0 Å². The first-order valence-electron chi connectivity index (χ1n) is 26.7. The van der Waals surface area contributed by atoms with Gasteiger partial charge in [-0.15, -0.1) is 28.0 Å². The van der Waals surface area contributed by atoms with Gasteiger partial charge in [0.05, 0.1) is 48.0 Å². The number of carbonyl (C=O) groups excluding carboxylic acids is 4. The molecule has 0 aliphatic heterocycles. The smallest absolute Gasteiger partial charge is 0.416 e. The molecule has 0 aliphatic rings. The zero-order valence-corrected chi connectivity index (χ0v) is 48.6. The second kappa shape index (κ2) is 27.9. The number of aromatic nitrogens is 5. The number of alkyl halides is 7. The molecule has 0 bridgehead atoms. The molecule has 0 fully saturated rings. The van der Waals surface area contributed by atoms with Gasteiger partial charge < -0.3 is 34.7 Å². The van der Waals surface area contributed by atoms with Crippen LogP contribution < -0.4 is 35.1 Å². The number of benzene rings is 6. The van der Waals surface area contributed by atoms with E-state index in [0.717, 1.165) is 5.56 Å². The first-order valence-corrected chi connectivity index (χ1v) is 28.5. The Hall–Kier alpha value is -9.19. The Morgan fingerprint density at radius 3 is 1.97 bits per heavy atom. The Morgan fingerprint density at radius 2 is 1.36 bits per heavy atom. The molecule has 1 atom stereocenters. The molecule has 0 saturated heterocycles. The van der Waals surface area contributed by atoms with Crippen molar-refractivity contribution in [1.29, 1.82) is 0 Å². The maximum Gasteiger partial charge on any atom is 0.416 e. The van der Waals surface area contributed by atoms with Gasteiger partial charge in [-0.25, -0.2) is 9.67 Å². The number of anilines is 1. The molecule has 0 spiro atoms. The summed E-state index contributed by atoms with van der Waals surface area (Å²) < 4.78 is 105. The Balaban J connectivity index is 0.821. The summed E-state index contributed by atoms with van der Waals surface area (Å²) in [6.07, 6.45) is -8.18. The lowest BCUT2D eigenvalue weighted by Gasteiger charge is -2.30. The van der Waals surface area contributed by atoms with Crippen LogP contribution in [0.4, 0.5) is 32.0 Å². The molecule has 87 heavy (non-hydrogen) atoms. The fraction of sp³-hybridized carbons (Fsp3) is 0.210. The molecule has 3 aromatic heterocycles. The fourth-order valence-corrected chi connectivity index (χ4v) is 10.5. The molecule has 3 N–H and O–H groups in total. The van der Waals surface area contributed by atoms with Gasteiger partial charge in [0.1, 0.15) is 53.8 Å². The van der Waals surface area contributed by atoms with Crippen molar-refractivity contribution in [3.63, 3.8) is 0 Å². The van der Waals surface area contributed by atoms with Gasteiger partial charge in [-0.1, -0.05) is 65.3 Å². The summed E-state index contributed by atoms with van der Waals surface area (Å²) in [4.78, 5) is 60.2. The molecule has 3 heterocycles. The van der Waals surface area contributed by atoms with Crippen molar-refractivity contribution in [3.05, 3.63) is 207 Å². The van der Waals surface area contributed by atoms with Gasteiger partial charge in [0.25, 0.3) is 5.91 Å². The number of hydrogen-bond donors (Lipinski definition) is 3. The zero-order chi connectivity index (χ0) is 61.8. The number of nitrogens with one attached hydrogen (secondary N) is 3. The van der Waals surface area contributed by atoms with Crippen molar-refractivity contribution in [2.45, 2.75) is 44.5 Å². The molecule has 0 aliphatic carbocycles. The van der Waals surface area contributed by atoms with Crippen molar-refractivity contribution in [1.82, 2.24) is 40.5 Å². The van der Waals surface area contributed by atoms with E-state index in [1.807, 2.05) is 35.7 Å². The van der Waals surface area contributed by atoms with Crippen LogP contribution >= 0.6 is 34.5 Å². The van der Waals surface area contributed by atoms with Crippen LogP contribution in [0.15, 0.2) is 163 Å². The summed E-state index contributed by atoms with van der Waals surface area (Å²) in [7, 11) is 2.94. The number of methoxy groups -OCH3 is 2. The summed E-state index contributed by atoms with van der Waals surface area (Å²) in [5.41, 5.74) is 0.568. The summed E-state index contributed by atoms with van der Waals surface area (Å²) in [5.74, 6) is -1.26. The third-order valence-corrected chi connectivity index (χ3v) is 15.0. The normalized spacial score (nSPS) is 11.8. The molecule has 6 aromatic carbocycles. The lowest BCUT2D eigenvalue weighted by molar-refractivity contribution is -0.143. The van der Waals surface area contributed by atoms with Crippen LogP contribution in [0.3, 0.4) is 0 Å². The van der Waals surface area contributed by atoms with E-state index in [9.17, 15) is 45.5 Å². The van der Waals surface area contributed by atoms with Crippen LogP contribution in [0, 0.1) is 0 Å². The molecule has 0 saturated carbocycles. The summed E-state index contributed by atoms with van der Waals surface area (Å²) >= 11 is 14.1. The number of carbonyl (C=O) groups is 4. The van der Waals surface area contributed by atoms with Gasteiger partial charge in [0.2, 0.25) is 17.7 Å². The minimum atomic E-state index is -5.13. The van der Waals surface area contributed by atoms with E-state index in [4.69, 9.17) is 42.4 Å². The first-order chi connectivity index (χ1) is 41.8. The van der Waals surface area contributed by atoms with E-state index in [2.05, 4.69) is 26.3 Å². The van der Waals surface area contributed by atoms with Crippen molar-refractivity contribution < 1.29 is 59.7 Å². The van der Waals surface area contributed by atoms with E-state index in [1.165, 1.54) is 64.1 Å². The van der Waals surface area contributed by atoms with Gasteiger partial charge in [-0.3, -0.25) is 24.1 Å². The van der Waals surface area contributed by atoms with Crippen molar-refractivity contribution in [2.75, 3.05) is 44.6 Å². The van der Waals surface area contributed by atoms with E-state index < -0.39 is 64.6 Å². The maximum atomic E-state index is 14.3. The van der Waals surface area contributed by atoms with E-state index in [-0.39, 0.29) is 66.7 Å². The van der Waals surface area contributed by atoms with Crippen LogP contribution in [0.5, 0.6) is 17.2 Å². The molecule has 1 unspecified atom stereocenters. The predicted molar refractivity (Wildman–Crippen MR) is 317 cm³/mol. The fourth-order valence-electron chi connectivity index (χ4n) is 9.31. The van der Waals surface area contributed by atoms with Crippen molar-refractivity contribution >= 4 is 63.9 Å². The number of imidazole rings is 1. The van der Waals surface area contributed by atoms with Crippen LogP contribution in [-0.4, -0.2) is 87.9 Å².